The van der Waals surface area contributed by atoms with Crippen molar-refractivity contribution in [2.24, 2.45) is 0 Å². The molecule has 1 aromatic heterocycles. The van der Waals surface area contributed by atoms with Crippen LogP contribution in [0.1, 0.15) is 30.7 Å². The van der Waals surface area contributed by atoms with Gasteiger partial charge in [0.2, 0.25) is 5.91 Å². The molecule has 6 heteroatoms. The fraction of sp³-hybridized carbons (Fsp3) is 0.250. The van der Waals surface area contributed by atoms with Crippen LogP contribution < -0.4 is 4.90 Å². The van der Waals surface area contributed by atoms with Crippen molar-refractivity contribution >= 4 is 23.2 Å². The largest absolute Gasteiger partial charge is 0.334 e. The third-order valence-electron chi connectivity index (χ3n) is 4.63. The molecule has 1 fully saturated rings. The van der Waals surface area contributed by atoms with E-state index in [1.54, 1.807) is 17.0 Å². The van der Waals surface area contributed by atoms with Gasteiger partial charge in [-0.15, -0.1) is 0 Å². The number of halogens is 1. The lowest BCUT2D eigenvalue weighted by Crippen LogP contribution is -2.24. The fourth-order valence-electron chi connectivity index (χ4n) is 3.21. The van der Waals surface area contributed by atoms with E-state index in [2.05, 4.69) is 29.2 Å². The number of aryl methyl sites for hydroxylation is 1. The van der Waals surface area contributed by atoms with Crippen LogP contribution in [-0.2, 0) is 11.2 Å². The molecule has 1 unspecified atom stereocenters. The van der Waals surface area contributed by atoms with Crippen LogP contribution in [0.3, 0.4) is 0 Å². The molecule has 0 saturated carbocycles. The Morgan fingerprint density at radius 2 is 2.08 bits per heavy atom. The van der Waals surface area contributed by atoms with Crippen molar-refractivity contribution in [1.29, 1.82) is 0 Å². The minimum atomic E-state index is -0.0792. The highest BCUT2D eigenvalue weighted by molar-refractivity contribution is 6.30. The monoisotopic (exact) mass is 367 g/mol. The third-order valence-corrected chi connectivity index (χ3v) is 4.87. The maximum Gasteiger partial charge on any atom is 0.257 e. The highest BCUT2D eigenvalue weighted by atomic mass is 35.5. The van der Waals surface area contributed by atoms with E-state index in [0.29, 0.717) is 29.7 Å². The molecule has 1 aliphatic heterocycles. The van der Waals surface area contributed by atoms with Gasteiger partial charge in [0.25, 0.3) is 5.89 Å². The minimum absolute atomic E-state index is 0.0792. The summed E-state index contributed by atoms with van der Waals surface area (Å²) in [6.45, 7) is 2.66. The Labute approximate surface area is 156 Å². The minimum Gasteiger partial charge on any atom is -0.334 e. The first-order chi connectivity index (χ1) is 12.6. The molecule has 132 valence electrons. The van der Waals surface area contributed by atoms with Crippen molar-refractivity contribution in [2.75, 3.05) is 11.4 Å². The van der Waals surface area contributed by atoms with E-state index in [9.17, 15) is 4.79 Å². The third kappa shape index (κ3) is 3.22. The zero-order chi connectivity index (χ0) is 18.1. The molecule has 1 atom stereocenters. The first-order valence-corrected chi connectivity index (χ1v) is 9.00. The number of anilines is 1. The molecule has 5 nitrogen and oxygen atoms in total. The second-order valence-electron chi connectivity index (χ2n) is 6.40. The summed E-state index contributed by atoms with van der Waals surface area (Å²) in [5, 5.41) is 4.70. The van der Waals surface area contributed by atoms with Crippen LogP contribution in [0, 0.1) is 0 Å². The Kier molecular flexibility index (Phi) is 4.47. The van der Waals surface area contributed by atoms with Gasteiger partial charge in [-0.3, -0.25) is 4.79 Å². The van der Waals surface area contributed by atoms with Crippen molar-refractivity contribution in [3.8, 4) is 11.5 Å². The second kappa shape index (κ2) is 6.92. The summed E-state index contributed by atoms with van der Waals surface area (Å²) >= 11 is 6.02. The molecule has 0 spiro atoms. The number of aromatic nitrogens is 2. The van der Waals surface area contributed by atoms with Gasteiger partial charge in [0, 0.05) is 35.2 Å². The number of benzene rings is 2. The van der Waals surface area contributed by atoms with Crippen LogP contribution in [0.25, 0.3) is 11.5 Å². The Morgan fingerprint density at radius 1 is 1.23 bits per heavy atom. The summed E-state index contributed by atoms with van der Waals surface area (Å²) in [7, 11) is 0. The van der Waals surface area contributed by atoms with E-state index in [-0.39, 0.29) is 11.8 Å². The zero-order valence-corrected chi connectivity index (χ0v) is 15.1. The summed E-state index contributed by atoms with van der Waals surface area (Å²) in [6.07, 6.45) is 1.32. The Morgan fingerprint density at radius 3 is 2.88 bits per heavy atom. The average Bonchev–Trinajstić information content (AvgIpc) is 3.28. The lowest BCUT2D eigenvalue weighted by Gasteiger charge is -2.17. The van der Waals surface area contributed by atoms with Gasteiger partial charge in [-0.1, -0.05) is 41.9 Å². The highest BCUT2D eigenvalue weighted by Gasteiger charge is 2.34. The number of hydrogen-bond acceptors (Lipinski definition) is 4. The van der Waals surface area contributed by atoms with Gasteiger partial charge >= 0.3 is 0 Å². The standard InChI is InChI=1S/C20H18ClN3O2/c1-2-13-5-3-8-17(9-13)24-12-15(11-18(24)25)19-22-20(26-23-19)14-6-4-7-16(21)10-14/h3-10,15H,2,11-12H2,1H3. The molecular weight excluding hydrogens is 350 g/mol. The van der Waals surface area contributed by atoms with Crippen LogP contribution in [-0.4, -0.2) is 22.6 Å². The zero-order valence-electron chi connectivity index (χ0n) is 14.4. The van der Waals surface area contributed by atoms with E-state index < -0.39 is 0 Å². The maximum atomic E-state index is 12.5. The van der Waals surface area contributed by atoms with Crippen molar-refractivity contribution in [3.05, 3.63) is 64.9 Å². The second-order valence-corrected chi connectivity index (χ2v) is 6.83. The number of carbonyl (C=O) groups is 1. The van der Waals surface area contributed by atoms with Gasteiger partial charge in [-0.05, 0) is 42.3 Å². The van der Waals surface area contributed by atoms with E-state index in [1.165, 1.54) is 5.56 Å². The molecule has 0 radical (unpaired) electrons. The first kappa shape index (κ1) is 16.8. The molecule has 1 saturated heterocycles. The lowest BCUT2D eigenvalue weighted by atomic mass is 10.1. The van der Waals surface area contributed by atoms with E-state index in [4.69, 9.17) is 16.1 Å². The normalized spacial score (nSPS) is 17.1. The molecular formula is C20H18ClN3O2. The quantitative estimate of drug-likeness (QED) is 0.682. The van der Waals surface area contributed by atoms with E-state index in [0.717, 1.165) is 17.7 Å². The average molecular weight is 368 g/mol. The molecule has 4 rings (SSSR count). The maximum absolute atomic E-state index is 12.5. The number of rotatable bonds is 4. The topological polar surface area (TPSA) is 59.2 Å². The SMILES string of the molecule is CCc1cccc(N2CC(c3noc(-c4cccc(Cl)c4)n3)CC2=O)c1. The number of carbonyl (C=O) groups excluding carboxylic acids is 1. The predicted octanol–water partition coefficient (Wildman–Crippen LogP) is 4.47. The highest BCUT2D eigenvalue weighted by Crippen LogP contribution is 2.32. The van der Waals surface area contributed by atoms with Crippen LogP contribution in [0.5, 0.6) is 0 Å². The molecule has 0 N–H and O–H groups in total. The molecule has 0 bridgehead atoms. The van der Waals surface area contributed by atoms with Gasteiger partial charge < -0.3 is 9.42 Å². The van der Waals surface area contributed by atoms with Gasteiger partial charge in [0.1, 0.15) is 0 Å². The van der Waals surface area contributed by atoms with Crippen LogP contribution in [0.15, 0.2) is 53.1 Å². The summed E-state index contributed by atoms with van der Waals surface area (Å²) in [5.74, 6) is 0.977. The van der Waals surface area contributed by atoms with E-state index >= 15 is 0 Å². The number of hydrogen-bond donors (Lipinski definition) is 0. The Balaban J connectivity index is 1.56. The summed E-state index contributed by atoms with van der Waals surface area (Å²) in [6, 6.07) is 15.4. The van der Waals surface area contributed by atoms with Gasteiger partial charge in [0.15, 0.2) is 5.82 Å². The lowest BCUT2D eigenvalue weighted by molar-refractivity contribution is -0.117. The van der Waals surface area contributed by atoms with E-state index in [1.807, 2.05) is 24.3 Å². The van der Waals surface area contributed by atoms with Crippen LogP contribution in [0.2, 0.25) is 5.02 Å². The number of amides is 1. The molecule has 0 aliphatic carbocycles. The van der Waals surface area contributed by atoms with Gasteiger partial charge in [-0.25, -0.2) is 0 Å². The molecule has 2 heterocycles. The fourth-order valence-corrected chi connectivity index (χ4v) is 3.40. The van der Waals surface area contributed by atoms with Crippen molar-refractivity contribution in [3.63, 3.8) is 0 Å². The molecule has 1 aliphatic rings. The summed E-state index contributed by atoms with van der Waals surface area (Å²) < 4.78 is 5.38. The Bertz CT molecular complexity index is 953. The van der Waals surface area contributed by atoms with Crippen LogP contribution >= 0.6 is 11.6 Å². The molecule has 26 heavy (non-hydrogen) atoms. The van der Waals surface area contributed by atoms with Crippen molar-refractivity contribution in [2.45, 2.75) is 25.7 Å². The van der Waals surface area contributed by atoms with Crippen molar-refractivity contribution in [1.82, 2.24) is 10.1 Å². The molecule has 3 aromatic rings. The Hall–Kier alpha value is -2.66. The molecule has 2 aromatic carbocycles. The summed E-state index contributed by atoms with van der Waals surface area (Å²) in [4.78, 5) is 18.8. The smallest absolute Gasteiger partial charge is 0.257 e. The van der Waals surface area contributed by atoms with Gasteiger partial charge in [0.05, 0.1) is 0 Å². The summed E-state index contributed by atoms with van der Waals surface area (Å²) in [5.41, 5.74) is 2.91. The number of nitrogens with zero attached hydrogens (tertiary/aromatic N) is 3. The van der Waals surface area contributed by atoms with Crippen molar-refractivity contribution < 1.29 is 9.32 Å². The predicted molar refractivity (Wildman–Crippen MR) is 100 cm³/mol. The first-order valence-electron chi connectivity index (χ1n) is 8.63. The van der Waals surface area contributed by atoms with Gasteiger partial charge in [-0.2, -0.15) is 4.98 Å². The van der Waals surface area contributed by atoms with Crippen LogP contribution in [0.4, 0.5) is 5.69 Å². The molecule has 1 amide bonds.